The van der Waals surface area contributed by atoms with E-state index in [4.69, 9.17) is 11.5 Å². The van der Waals surface area contributed by atoms with Gasteiger partial charge in [-0.15, -0.1) is 0 Å². The summed E-state index contributed by atoms with van der Waals surface area (Å²) >= 11 is 0. The van der Waals surface area contributed by atoms with Crippen LogP contribution < -0.4 is 22.1 Å². The minimum atomic E-state index is 0.803. The largest absolute Gasteiger partial charge is 0.330 e. The van der Waals surface area contributed by atoms with E-state index in [2.05, 4.69) is 10.6 Å². The van der Waals surface area contributed by atoms with Gasteiger partial charge in [0.05, 0.1) is 0 Å². The molecular formula is C16H36N4. The van der Waals surface area contributed by atoms with E-state index in [1.807, 2.05) is 0 Å². The van der Waals surface area contributed by atoms with Crippen molar-refractivity contribution in [1.29, 1.82) is 0 Å². The molecule has 1 aliphatic rings. The monoisotopic (exact) mass is 284 g/mol. The molecule has 1 fully saturated rings. The fourth-order valence-corrected chi connectivity index (χ4v) is 3.13. The SMILES string of the molecule is NCCCNCCC1CCC(CCNCCCN)CC1. The van der Waals surface area contributed by atoms with E-state index in [0.29, 0.717) is 0 Å². The third-order valence-corrected chi connectivity index (χ3v) is 4.54. The van der Waals surface area contributed by atoms with Crippen LogP contribution in [0.4, 0.5) is 0 Å². The zero-order valence-electron chi connectivity index (χ0n) is 13.2. The van der Waals surface area contributed by atoms with Crippen molar-refractivity contribution in [1.82, 2.24) is 10.6 Å². The minimum absolute atomic E-state index is 0.803. The van der Waals surface area contributed by atoms with Crippen molar-refractivity contribution in [2.75, 3.05) is 39.3 Å². The third-order valence-electron chi connectivity index (χ3n) is 4.54. The van der Waals surface area contributed by atoms with Crippen LogP contribution in [0.2, 0.25) is 0 Å². The molecule has 0 aromatic rings. The average Bonchev–Trinajstić information content (AvgIpc) is 2.48. The summed E-state index contributed by atoms with van der Waals surface area (Å²) < 4.78 is 0. The Morgan fingerprint density at radius 2 is 1.05 bits per heavy atom. The van der Waals surface area contributed by atoms with Crippen molar-refractivity contribution < 1.29 is 0 Å². The Bertz CT molecular complexity index is 181. The van der Waals surface area contributed by atoms with Gasteiger partial charge in [0.25, 0.3) is 0 Å². The van der Waals surface area contributed by atoms with Crippen molar-refractivity contribution in [2.45, 2.75) is 51.4 Å². The molecule has 1 rings (SSSR count). The highest BCUT2D eigenvalue weighted by molar-refractivity contribution is 4.74. The summed E-state index contributed by atoms with van der Waals surface area (Å²) in [5.41, 5.74) is 11.0. The van der Waals surface area contributed by atoms with Crippen molar-refractivity contribution in [2.24, 2.45) is 23.3 Å². The third kappa shape index (κ3) is 8.90. The van der Waals surface area contributed by atoms with E-state index < -0.39 is 0 Å². The summed E-state index contributed by atoms with van der Waals surface area (Å²) in [5, 5.41) is 7.00. The molecule has 0 heterocycles. The van der Waals surface area contributed by atoms with Crippen molar-refractivity contribution in [3.63, 3.8) is 0 Å². The zero-order valence-corrected chi connectivity index (χ0v) is 13.2. The van der Waals surface area contributed by atoms with Gasteiger partial charge in [-0.05, 0) is 76.8 Å². The lowest BCUT2D eigenvalue weighted by atomic mass is 9.79. The first-order valence-corrected chi connectivity index (χ1v) is 8.68. The predicted molar refractivity (Wildman–Crippen MR) is 87.8 cm³/mol. The van der Waals surface area contributed by atoms with Gasteiger partial charge in [-0.3, -0.25) is 0 Å². The summed E-state index contributed by atoms with van der Waals surface area (Å²) in [4.78, 5) is 0. The molecule has 0 aliphatic heterocycles. The van der Waals surface area contributed by atoms with Crippen LogP contribution in [0, 0.1) is 11.8 Å². The van der Waals surface area contributed by atoms with Gasteiger partial charge in [0.1, 0.15) is 0 Å². The molecule has 0 amide bonds. The number of nitrogens with one attached hydrogen (secondary N) is 2. The highest BCUT2D eigenvalue weighted by atomic mass is 14.9. The summed E-state index contributed by atoms with van der Waals surface area (Å²) in [6.45, 7) is 6.13. The van der Waals surface area contributed by atoms with Gasteiger partial charge < -0.3 is 22.1 Å². The maximum Gasteiger partial charge on any atom is -0.00369 e. The molecule has 1 saturated carbocycles. The quantitative estimate of drug-likeness (QED) is 0.409. The standard InChI is InChI=1S/C16H36N4/c17-9-1-11-19-13-7-15-3-5-16(6-4-15)8-14-20-12-2-10-18/h15-16,19-20H,1-14,17-18H2. The second kappa shape index (κ2) is 12.6. The van der Waals surface area contributed by atoms with Crippen molar-refractivity contribution >= 4 is 0 Å². The predicted octanol–water partition coefficient (Wildman–Crippen LogP) is 1.45. The van der Waals surface area contributed by atoms with Gasteiger partial charge in [-0.2, -0.15) is 0 Å². The minimum Gasteiger partial charge on any atom is -0.330 e. The van der Waals surface area contributed by atoms with Gasteiger partial charge >= 0.3 is 0 Å². The Labute approximate surface area is 125 Å². The van der Waals surface area contributed by atoms with Crippen LogP contribution in [0.15, 0.2) is 0 Å². The zero-order chi connectivity index (χ0) is 14.5. The molecule has 0 radical (unpaired) electrons. The van der Waals surface area contributed by atoms with E-state index in [-0.39, 0.29) is 0 Å². The van der Waals surface area contributed by atoms with Crippen molar-refractivity contribution in [3.8, 4) is 0 Å². The van der Waals surface area contributed by atoms with E-state index in [0.717, 1.165) is 50.9 Å². The Kier molecular flexibility index (Phi) is 11.2. The summed E-state index contributed by atoms with van der Waals surface area (Å²) in [5.74, 6) is 1.92. The summed E-state index contributed by atoms with van der Waals surface area (Å²) in [6.07, 6.45) is 10.7. The Morgan fingerprint density at radius 1 is 0.650 bits per heavy atom. The van der Waals surface area contributed by atoms with Crippen LogP contribution in [0.1, 0.15) is 51.4 Å². The molecule has 1 aliphatic carbocycles. The molecule has 20 heavy (non-hydrogen) atoms. The van der Waals surface area contributed by atoms with E-state index in [9.17, 15) is 0 Å². The topological polar surface area (TPSA) is 76.1 Å². The van der Waals surface area contributed by atoms with Gasteiger partial charge in [-0.25, -0.2) is 0 Å². The summed E-state index contributed by atoms with van der Waals surface area (Å²) in [6, 6.07) is 0. The lowest BCUT2D eigenvalue weighted by Gasteiger charge is -2.28. The molecular weight excluding hydrogens is 248 g/mol. The van der Waals surface area contributed by atoms with Crippen molar-refractivity contribution in [3.05, 3.63) is 0 Å². The first kappa shape index (κ1) is 17.9. The molecule has 120 valence electrons. The second-order valence-electron chi connectivity index (χ2n) is 6.25. The van der Waals surface area contributed by atoms with Gasteiger partial charge in [-0.1, -0.05) is 25.7 Å². The lowest BCUT2D eigenvalue weighted by Crippen LogP contribution is -2.25. The van der Waals surface area contributed by atoms with Gasteiger partial charge in [0.15, 0.2) is 0 Å². The smallest absolute Gasteiger partial charge is 0.00369 e. The molecule has 0 unspecified atom stereocenters. The van der Waals surface area contributed by atoms with Crippen LogP contribution in [-0.2, 0) is 0 Å². The van der Waals surface area contributed by atoms with E-state index in [1.54, 1.807) is 0 Å². The van der Waals surface area contributed by atoms with Crippen LogP contribution >= 0.6 is 0 Å². The molecule has 0 saturated heterocycles. The Morgan fingerprint density at radius 3 is 1.40 bits per heavy atom. The molecule has 6 N–H and O–H groups in total. The highest BCUT2D eigenvalue weighted by Gasteiger charge is 2.20. The first-order valence-electron chi connectivity index (χ1n) is 8.68. The maximum absolute atomic E-state index is 5.48. The second-order valence-corrected chi connectivity index (χ2v) is 6.25. The van der Waals surface area contributed by atoms with Crippen LogP contribution in [0.25, 0.3) is 0 Å². The molecule has 0 atom stereocenters. The number of rotatable bonds is 12. The number of hydrogen-bond acceptors (Lipinski definition) is 4. The molecule has 0 bridgehead atoms. The van der Waals surface area contributed by atoms with Crippen LogP contribution in [0.5, 0.6) is 0 Å². The van der Waals surface area contributed by atoms with E-state index >= 15 is 0 Å². The summed E-state index contributed by atoms with van der Waals surface area (Å²) in [7, 11) is 0. The number of hydrogen-bond donors (Lipinski definition) is 4. The Hall–Kier alpha value is -0.160. The fraction of sp³-hybridized carbons (Fsp3) is 1.00. The Balaban J connectivity index is 1.91. The molecule has 0 aromatic carbocycles. The fourth-order valence-electron chi connectivity index (χ4n) is 3.13. The maximum atomic E-state index is 5.48. The molecule has 0 aromatic heterocycles. The highest BCUT2D eigenvalue weighted by Crippen LogP contribution is 2.32. The normalized spacial score (nSPS) is 23.1. The van der Waals surface area contributed by atoms with Gasteiger partial charge in [0, 0.05) is 0 Å². The van der Waals surface area contributed by atoms with Crippen LogP contribution in [-0.4, -0.2) is 39.3 Å². The molecule has 0 spiro atoms. The van der Waals surface area contributed by atoms with Crippen LogP contribution in [0.3, 0.4) is 0 Å². The number of nitrogens with two attached hydrogens (primary N) is 2. The molecule has 4 heteroatoms. The lowest BCUT2D eigenvalue weighted by molar-refractivity contribution is 0.250. The molecule has 4 nitrogen and oxygen atoms in total. The first-order chi connectivity index (χ1) is 9.86. The average molecular weight is 284 g/mol. The van der Waals surface area contributed by atoms with E-state index in [1.165, 1.54) is 51.6 Å². The van der Waals surface area contributed by atoms with Gasteiger partial charge in [0.2, 0.25) is 0 Å².